The summed E-state index contributed by atoms with van der Waals surface area (Å²) in [5.41, 5.74) is 0.606. The summed E-state index contributed by atoms with van der Waals surface area (Å²) in [6.07, 6.45) is 1.88. The van der Waals surface area contributed by atoms with Crippen molar-refractivity contribution in [2.45, 2.75) is 52.4 Å². The van der Waals surface area contributed by atoms with E-state index < -0.39 is 34.0 Å². The van der Waals surface area contributed by atoms with E-state index in [1.54, 1.807) is 13.8 Å². The van der Waals surface area contributed by atoms with Gasteiger partial charge >= 0.3 is 23.9 Å². The van der Waals surface area contributed by atoms with Crippen molar-refractivity contribution in [3.63, 3.8) is 0 Å². The molecule has 0 spiro atoms. The molecule has 0 unspecified atom stereocenters. The molecule has 0 aromatic rings. The van der Waals surface area contributed by atoms with Crippen molar-refractivity contribution >= 4 is 34.0 Å². The molecule has 0 rings (SSSR count). The largest absolute Gasteiger partial charge is 0.460 e. The van der Waals surface area contributed by atoms with Gasteiger partial charge in [0.2, 0.25) is 0 Å². The number of carbonyl (C=O) groups excluding carboxylic acids is 4. The number of carbonyl (C=O) groups is 4. The Morgan fingerprint density at radius 1 is 0.614 bits per heavy atom. The fourth-order valence-corrected chi connectivity index (χ4v) is 4.06. The number of hydrogen-bond donors (Lipinski definition) is 1. The topological polar surface area (TPSA) is 178 Å². The van der Waals surface area contributed by atoms with E-state index in [4.69, 9.17) is 33.0 Å². The van der Waals surface area contributed by atoms with E-state index in [9.17, 15) is 27.6 Å². The van der Waals surface area contributed by atoms with Crippen molar-refractivity contribution in [3.05, 3.63) is 24.3 Å². The molecule has 15 heteroatoms. The molecule has 1 N–H and O–H groups in total. The molecule has 0 bridgehead atoms. The third-order valence-corrected chi connectivity index (χ3v) is 6.90. The first kappa shape index (κ1) is 41.1. The maximum absolute atomic E-state index is 12.1. The summed E-state index contributed by atoms with van der Waals surface area (Å²) in [5, 5.41) is 0. The second kappa shape index (κ2) is 23.5. The summed E-state index contributed by atoms with van der Waals surface area (Å²) in [7, 11) is -2.18. The maximum Gasteiger partial charge on any atom is 0.333 e. The number of rotatable bonds is 27. The van der Waals surface area contributed by atoms with Crippen LogP contribution in [0.25, 0.3) is 0 Å². The predicted molar refractivity (Wildman–Crippen MR) is 160 cm³/mol. The highest BCUT2D eigenvalue weighted by atomic mass is 32.2. The normalized spacial score (nSPS) is 11.5. The van der Waals surface area contributed by atoms with Gasteiger partial charge in [0.05, 0.1) is 32.6 Å². The minimum Gasteiger partial charge on any atom is -0.460 e. The molecule has 44 heavy (non-hydrogen) atoms. The van der Waals surface area contributed by atoms with Crippen molar-refractivity contribution < 1.29 is 65.1 Å². The molecule has 0 saturated heterocycles. The number of nitrogens with zero attached hydrogens (tertiary/aromatic N) is 1. The molecular weight excluding hydrogens is 602 g/mol. The smallest absolute Gasteiger partial charge is 0.333 e. The van der Waals surface area contributed by atoms with Crippen LogP contribution in [0.5, 0.6) is 0 Å². The maximum atomic E-state index is 12.1. The second-order valence-corrected chi connectivity index (χ2v) is 12.1. The lowest BCUT2D eigenvalue weighted by Crippen LogP contribution is -2.49. The van der Waals surface area contributed by atoms with Gasteiger partial charge in [0.25, 0.3) is 10.1 Å². The summed E-state index contributed by atoms with van der Waals surface area (Å²) in [6, 6.07) is 0. The second-order valence-electron chi connectivity index (χ2n) is 10.5. The predicted octanol–water partition coefficient (Wildman–Crippen LogP) is 2.02. The van der Waals surface area contributed by atoms with Crippen molar-refractivity contribution in [3.8, 4) is 0 Å². The Balaban J connectivity index is 4.38. The monoisotopic (exact) mass is 652 g/mol. The summed E-state index contributed by atoms with van der Waals surface area (Å²) in [6.45, 7) is 12.8. The van der Waals surface area contributed by atoms with Gasteiger partial charge in [-0.3, -0.25) is 14.1 Å². The van der Waals surface area contributed by atoms with Crippen LogP contribution in [-0.2, 0) is 57.7 Å². The molecule has 14 nitrogen and oxygen atoms in total. The zero-order chi connectivity index (χ0) is 33.4. The number of esters is 4. The molecule has 0 aliphatic heterocycles. The molecule has 0 heterocycles. The quantitative estimate of drug-likeness (QED) is 0.0341. The first-order valence-electron chi connectivity index (χ1n) is 14.6. The molecule has 0 fully saturated rings. The molecule has 0 saturated carbocycles. The molecule has 0 atom stereocenters. The van der Waals surface area contributed by atoms with Crippen LogP contribution in [0.4, 0.5) is 0 Å². The van der Waals surface area contributed by atoms with Gasteiger partial charge in [-0.25, -0.2) is 9.59 Å². The minimum absolute atomic E-state index is 0.0942. The van der Waals surface area contributed by atoms with Gasteiger partial charge in [-0.1, -0.05) is 13.2 Å². The molecule has 254 valence electrons. The third-order valence-electron chi connectivity index (χ3n) is 6.10. The highest BCUT2D eigenvalue weighted by molar-refractivity contribution is 7.85. The Kier molecular flexibility index (Phi) is 22.0. The van der Waals surface area contributed by atoms with E-state index in [1.807, 2.05) is 7.05 Å². The molecule has 0 aliphatic carbocycles. The van der Waals surface area contributed by atoms with E-state index in [2.05, 4.69) is 13.2 Å². The van der Waals surface area contributed by atoms with E-state index in [0.29, 0.717) is 67.7 Å². The summed E-state index contributed by atoms with van der Waals surface area (Å²) < 4.78 is 62.6. The number of likely N-dealkylation sites (N-methyl/N-ethyl adjacent to an activating group) is 1. The van der Waals surface area contributed by atoms with Crippen LogP contribution >= 0.6 is 0 Å². The summed E-state index contributed by atoms with van der Waals surface area (Å²) in [5.74, 6) is -2.13. The third kappa shape index (κ3) is 24.6. The number of unbranched alkanes of at least 4 members (excludes halogenated alkanes) is 1. The Morgan fingerprint density at radius 3 is 1.43 bits per heavy atom. The standard InChI is InChI=1S/C29H49NO13S/c1-24(2)28(33)42-21-19-38-15-8-10-26(31)40-17-13-30(5,12-6-7-23-44(35,36)37)14-18-41-27(32)11-9-16-39-20-22-43-29(34)25(3)4/h1,3,6-23H2,2,4-5H3/p+1. The zero-order valence-corrected chi connectivity index (χ0v) is 27.2. The van der Waals surface area contributed by atoms with Gasteiger partial charge in [0.1, 0.15) is 39.5 Å². The molecule has 0 radical (unpaired) electrons. The van der Waals surface area contributed by atoms with Gasteiger partial charge in [0, 0.05) is 37.2 Å². The highest BCUT2D eigenvalue weighted by Gasteiger charge is 2.23. The van der Waals surface area contributed by atoms with Gasteiger partial charge in [-0.15, -0.1) is 0 Å². The van der Waals surface area contributed by atoms with E-state index in [-0.39, 0.29) is 64.7 Å². The Hall–Kier alpha value is -2.85. The average molecular weight is 653 g/mol. The number of hydrogen-bond acceptors (Lipinski definition) is 12. The highest BCUT2D eigenvalue weighted by Crippen LogP contribution is 2.09. The Bertz CT molecular complexity index is 968. The lowest BCUT2D eigenvalue weighted by molar-refractivity contribution is -0.910. The molecule has 0 aromatic heterocycles. The molecule has 0 amide bonds. The first-order chi connectivity index (χ1) is 20.6. The van der Waals surface area contributed by atoms with Gasteiger partial charge in [0.15, 0.2) is 0 Å². The fourth-order valence-electron chi connectivity index (χ4n) is 3.49. The summed E-state index contributed by atoms with van der Waals surface area (Å²) in [4.78, 5) is 46.8. The first-order valence-corrected chi connectivity index (χ1v) is 16.2. The molecular formula is C29H50NO13S+. The Labute approximate surface area is 261 Å². The minimum atomic E-state index is -4.06. The van der Waals surface area contributed by atoms with Crippen LogP contribution < -0.4 is 0 Å². The van der Waals surface area contributed by atoms with Crippen LogP contribution in [0.3, 0.4) is 0 Å². The Morgan fingerprint density at radius 2 is 1.05 bits per heavy atom. The fraction of sp³-hybridized carbons (Fsp3) is 0.724. The summed E-state index contributed by atoms with van der Waals surface area (Å²) >= 11 is 0. The van der Waals surface area contributed by atoms with E-state index >= 15 is 0 Å². The van der Waals surface area contributed by atoms with Crippen LogP contribution in [0.15, 0.2) is 24.3 Å². The molecule has 0 aromatic carbocycles. The number of ether oxygens (including phenoxy) is 6. The van der Waals surface area contributed by atoms with Crippen molar-refractivity contribution in [2.75, 3.05) is 85.3 Å². The van der Waals surface area contributed by atoms with Gasteiger partial charge in [-0.2, -0.15) is 8.42 Å². The van der Waals surface area contributed by atoms with Crippen molar-refractivity contribution in [2.24, 2.45) is 0 Å². The van der Waals surface area contributed by atoms with E-state index in [1.165, 1.54) is 0 Å². The lowest BCUT2D eigenvalue weighted by Gasteiger charge is -2.34. The van der Waals surface area contributed by atoms with Gasteiger partial charge in [-0.05, 0) is 39.5 Å². The van der Waals surface area contributed by atoms with Crippen LogP contribution in [-0.4, -0.2) is 127 Å². The van der Waals surface area contributed by atoms with Crippen LogP contribution in [0.2, 0.25) is 0 Å². The SMILES string of the molecule is C=C(C)C(=O)OCCOCCCC(=O)OCC[N+](C)(CCCCS(=O)(=O)O)CCOC(=O)CCCOCCOC(=O)C(=C)C. The lowest BCUT2D eigenvalue weighted by atomic mass is 10.2. The van der Waals surface area contributed by atoms with Crippen LogP contribution in [0, 0.1) is 0 Å². The van der Waals surface area contributed by atoms with Crippen LogP contribution in [0.1, 0.15) is 52.4 Å². The van der Waals surface area contributed by atoms with E-state index in [0.717, 1.165) is 0 Å². The number of quaternary nitrogens is 1. The van der Waals surface area contributed by atoms with Gasteiger partial charge < -0.3 is 32.9 Å². The average Bonchev–Trinajstić information content (AvgIpc) is 2.93. The van der Waals surface area contributed by atoms with Crippen molar-refractivity contribution in [1.29, 1.82) is 0 Å². The molecule has 0 aliphatic rings. The van der Waals surface area contributed by atoms with Crippen molar-refractivity contribution in [1.82, 2.24) is 0 Å². The zero-order valence-electron chi connectivity index (χ0n) is 26.3.